The van der Waals surface area contributed by atoms with Gasteiger partial charge in [0.25, 0.3) is 0 Å². The summed E-state index contributed by atoms with van der Waals surface area (Å²) in [6.07, 6.45) is -2.88. The summed E-state index contributed by atoms with van der Waals surface area (Å²) in [4.78, 5) is 16.1. The number of esters is 1. The predicted octanol–water partition coefficient (Wildman–Crippen LogP) is 5.28. The molecule has 152 valence electrons. The SMILES string of the molecule is CCOC(=O)c1cc(-c2ccc(C(F)(F)F)cc2)[nH]c1-c1cccc(S(C)=O)c1. The van der Waals surface area contributed by atoms with E-state index in [9.17, 15) is 22.2 Å². The van der Waals surface area contributed by atoms with Crippen LogP contribution in [0.4, 0.5) is 13.2 Å². The summed E-state index contributed by atoms with van der Waals surface area (Å²) in [5.74, 6) is -0.556. The van der Waals surface area contributed by atoms with Crippen LogP contribution in [0.1, 0.15) is 22.8 Å². The molecule has 3 aromatic rings. The Kier molecular flexibility index (Phi) is 5.93. The second kappa shape index (κ2) is 8.24. The van der Waals surface area contributed by atoms with Gasteiger partial charge in [-0.3, -0.25) is 4.21 Å². The molecular formula is C21H18F3NO3S. The standard InChI is InChI=1S/C21H18F3NO3S/c1-3-28-20(26)17-12-18(13-7-9-15(10-8-13)21(22,23)24)25-19(17)14-5-4-6-16(11-14)29(2)27/h4-12,25H,3H2,1-2H3. The molecule has 0 amide bonds. The van der Waals surface area contributed by atoms with Gasteiger partial charge in [0.1, 0.15) is 0 Å². The number of H-pyrrole nitrogens is 1. The smallest absolute Gasteiger partial charge is 0.416 e. The number of benzene rings is 2. The van der Waals surface area contributed by atoms with Gasteiger partial charge in [-0.15, -0.1) is 0 Å². The topological polar surface area (TPSA) is 59.2 Å². The molecule has 0 aliphatic heterocycles. The lowest BCUT2D eigenvalue weighted by Gasteiger charge is -2.07. The summed E-state index contributed by atoms with van der Waals surface area (Å²) in [7, 11) is -1.21. The van der Waals surface area contributed by atoms with Crippen LogP contribution in [0.2, 0.25) is 0 Å². The van der Waals surface area contributed by atoms with Crippen molar-refractivity contribution in [1.82, 2.24) is 4.98 Å². The van der Waals surface area contributed by atoms with Crippen molar-refractivity contribution in [1.29, 1.82) is 0 Å². The van der Waals surface area contributed by atoms with Gasteiger partial charge in [-0.05, 0) is 42.8 Å². The van der Waals surface area contributed by atoms with E-state index in [1.54, 1.807) is 43.5 Å². The fourth-order valence-electron chi connectivity index (χ4n) is 2.88. The van der Waals surface area contributed by atoms with E-state index >= 15 is 0 Å². The number of halogens is 3. The number of alkyl halides is 3. The maximum atomic E-state index is 12.8. The van der Waals surface area contributed by atoms with Crippen LogP contribution in [0, 0.1) is 0 Å². The Bertz CT molecular complexity index is 1060. The van der Waals surface area contributed by atoms with E-state index < -0.39 is 28.5 Å². The lowest BCUT2D eigenvalue weighted by atomic mass is 10.1. The summed E-state index contributed by atoms with van der Waals surface area (Å²) in [6.45, 7) is 1.86. The normalized spacial score (nSPS) is 12.6. The van der Waals surface area contributed by atoms with E-state index in [1.165, 1.54) is 12.1 Å². The highest BCUT2D eigenvalue weighted by Gasteiger charge is 2.30. The molecule has 0 aliphatic carbocycles. The summed E-state index contributed by atoms with van der Waals surface area (Å²) < 4.78 is 55.4. The Balaban J connectivity index is 2.09. The van der Waals surface area contributed by atoms with Crippen molar-refractivity contribution in [3.05, 3.63) is 65.7 Å². The third kappa shape index (κ3) is 4.59. The highest BCUT2D eigenvalue weighted by atomic mass is 32.2. The fourth-order valence-corrected chi connectivity index (χ4v) is 3.44. The second-order valence-electron chi connectivity index (χ2n) is 6.25. The summed E-state index contributed by atoms with van der Waals surface area (Å²) >= 11 is 0. The molecule has 1 aromatic heterocycles. The third-order valence-corrected chi connectivity index (χ3v) is 5.21. The highest BCUT2D eigenvalue weighted by molar-refractivity contribution is 7.84. The molecule has 0 bridgehead atoms. The minimum atomic E-state index is -4.42. The molecule has 0 saturated carbocycles. The second-order valence-corrected chi connectivity index (χ2v) is 7.63. The predicted molar refractivity (Wildman–Crippen MR) is 105 cm³/mol. The summed E-state index contributed by atoms with van der Waals surface area (Å²) in [6, 6.07) is 13.1. The van der Waals surface area contributed by atoms with Gasteiger partial charge in [-0.2, -0.15) is 13.2 Å². The molecule has 3 rings (SSSR count). The van der Waals surface area contributed by atoms with E-state index in [0.29, 0.717) is 27.4 Å². The van der Waals surface area contributed by atoms with E-state index in [0.717, 1.165) is 12.1 Å². The lowest BCUT2D eigenvalue weighted by Crippen LogP contribution is -2.05. The first-order chi connectivity index (χ1) is 13.7. The lowest BCUT2D eigenvalue weighted by molar-refractivity contribution is -0.137. The number of carbonyl (C=O) groups excluding carboxylic acids is 1. The minimum Gasteiger partial charge on any atom is -0.462 e. The quantitative estimate of drug-likeness (QED) is 0.570. The number of aromatic amines is 1. The van der Waals surface area contributed by atoms with Crippen LogP contribution < -0.4 is 0 Å². The van der Waals surface area contributed by atoms with Crippen molar-refractivity contribution < 1.29 is 26.9 Å². The molecule has 8 heteroatoms. The van der Waals surface area contributed by atoms with Crippen LogP contribution in [0.5, 0.6) is 0 Å². The number of aromatic nitrogens is 1. The third-order valence-electron chi connectivity index (χ3n) is 4.29. The fraction of sp³-hybridized carbons (Fsp3) is 0.190. The molecular weight excluding hydrogens is 403 g/mol. The van der Waals surface area contributed by atoms with Crippen molar-refractivity contribution >= 4 is 16.8 Å². The molecule has 1 atom stereocenters. The van der Waals surface area contributed by atoms with Gasteiger partial charge in [0.15, 0.2) is 0 Å². The molecule has 29 heavy (non-hydrogen) atoms. The zero-order valence-corrected chi connectivity index (χ0v) is 16.5. The Morgan fingerprint density at radius 1 is 1.07 bits per heavy atom. The average Bonchev–Trinajstić information content (AvgIpc) is 3.13. The first kappa shape index (κ1) is 20.9. The van der Waals surface area contributed by atoms with Crippen LogP contribution in [-0.2, 0) is 21.7 Å². The molecule has 0 radical (unpaired) electrons. The average molecular weight is 421 g/mol. The minimum absolute atomic E-state index is 0.179. The van der Waals surface area contributed by atoms with Crippen molar-refractivity contribution in [2.75, 3.05) is 12.9 Å². The van der Waals surface area contributed by atoms with E-state index in [1.807, 2.05) is 0 Å². The number of rotatable bonds is 5. The molecule has 0 aliphatic rings. The number of hydrogen-bond donors (Lipinski definition) is 1. The van der Waals surface area contributed by atoms with Crippen molar-refractivity contribution in [2.45, 2.75) is 18.0 Å². The molecule has 4 nitrogen and oxygen atoms in total. The van der Waals surface area contributed by atoms with Crippen LogP contribution in [0.25, 0.3) is 22.5 Å². The van der Waals surface area contributed by atoms with Gasteiger partial charge in [0.05, 0.1) is 23.4 Å². The molecule has 2 aromatic carbocycles. The Hall–Kier alpha value is -2.87. The maximum absolute atomic E-state index is 12.8. The molecule has 0 saturated heterocycles. The molecule has 0 fully saturated rings. The van der Waals surface area contributed by atoms with Gasteiger partial charge in [-0.25, -0.2) is 4.79 Å². The zero-order chi connectivity index (χ0) is 21.2. The maximum Gasteiger partial charge on any atom is 0.416 e. The first-order valence-corrected chi connectivity index (χ1v) is 10.3. The van der Waals surface area contributed by atoms with Crippen LogP contribution >= 0.6 is 0 Å². The van der Waals surface area contributed by atoms with Gasteiger partial charge in [0.2, 0.25) is 0 Å². The largest absolute Gasteiger partial charge is 0.462 e. The molecule has 1 heterocycles. The number of hydrogen-bond acceptors (Lipinski definition) is 3. The van der Waals surface area contributed by atoms with Crippen molar-refractivity contribution in [2.24, 2.45) is 0 Å². The van der Waals surface area contributed by atoms with Gasteiger partial charge in [0, 0.05) is 33.2 Å². The van der Waals surface area contributed by atoms with Crippen molar-refractivity contribution in [3.8, 4) is 22.5 Å². The number of nitrogens with one attached hydrogen (secondary N) is 1. The Morgan fingerprint density at radius 2 is 1.76 bits per heavy atom. The first-order valence-electron chi connectivity index (χ1n) is 8.72. The Labute approximate surface area is 168 Å². The molecule has 1 N–H and O–H groups in total. The summed E-state index contributed by atoms with van der Waals surface area (Å²) in [5, 5.41) is 0. The van der Waals surface area contributed by atoms with E-state index in [4.69, 9.17) is 4.74 Å². The summed E-state index contributed by atoms with van der Waals surface area (Å²) in [5.41, 5.74) is 1.53. The van der Waals surface area contributed by atoms with Crippen LogP contribution in [0.15, 0.2) is 59.5 Å². The molecule has 0 spiro atoms. The van der Waals surface area contributed by atoms with E-state index in [-0.39, 0.29) is 12.2 Å². The van der Waals surface area contributed by atoms with Crippen molar-refractivity contribution in [3.63, 3.8) is 0 Å². The van der Waals surface area contributed by atoms with Gasteiger partial charge in [-0.1, -0.05) is 24.3 Å². The zero-order valence-electron chi connectivity index (χ0n) is 15.7. The Morgan fingerprint density at radius 3 is 2.34 bits per heavy atom. The monoisotopic (exact) mass is 421 g/mol. The number of ether oxygens (including phenoxy) is 1. The van der Waals surface area contributed by atoms with Gasteiger partial charge >= 0.3 is 12.1 Å². The van der Waals surface area contributed by atoms with Crippen LogP contribution in [-0.4, -0.2) is 28.0 Å². The molecule has 1 unspecified atom stereocenters. The number of carbonyl (C=O) groups is 1. The van der Waals surface area contributed by atoms with Crippen LogP contribution in [0.3, 0.4) is 0 Å². The van der Waals surface area contributed by atoms with Gasteiger partial charge < -0.3 is 9.72 Å². The highest BCUT2D eigenvalue weighted by Crippen LogP contribution is 2.33. The van der Waals surface area contributed by atoms with E-state index in [2.05, 4.69) is 4.98 Å².